The monoisotopic (exact) mass is 206 g/mol. The molecule has 1 aromatic heterocycles. The summed E-state index contributed by atoms with van der Waals surface area (Å²) in [6.07, 6.45) is 2.72. The minimum Gasteiger partial charge on any atom is -0.301 e. The molecule has 4 heteroatoms. The number of rotatable bonds is 5. The van der Waals surface area contributed by atoms with Crippen molar-refractivity contribution in [2.45, 2.75) is 26.2 Å². The smallest absolute Gasteiger partial charge is 0.0737 e. The summed E-state index contributed by atoms with van der Waals surface area (Å²) in [5.41, 5.74) is 3.22. The number of hydrogen-bond acceptors (Lipinski definition) is 3. The van der Waals surface area contributed by atoms with Crippen LogP contribution in [0.25, 0.3) is 0 Å². The number of aliphatic imine (C=N–C) groups is 2. The zero-order valence-electron chi connectivity index (χ0n) is 9.62. The zero-order chi connectivity index (χ0) is 11.3. The summed E-state index contributed by atoms with van der Waals surface area (Å²) in [4.78, 5) is 8.13. The summed E-state index contributed by atoms with van der Waals surface area (Å²) in [5, 5.41) is 7.13. The van der Waals surface area contributed by atoms with Gasteiger partial charge in [-0.2, -0.15) is 5.10 Å². The maximum absolute atomic E-state index is 4.28. The second-order valence-electron chi connectivity index (χ2n) is 3.71. The molecule has 4 nitrogen and oxygen atoms in total. The normalized spacial score (nSPS) is 12.1. The molecule has 0 atom stereocenters. The fourth-order valence-electron chi connectivity index (χ4n) is 1.52. The molecule has 0 radical (unpaired) electrons. The molecule has 1 heterocycles. The fraction of sp³-hybridized carbons (Fsp3) is 0.545. The van der Waals surface area contributed by atoms with Crippen molar-refractivity contribution in [2.75, 3.05) is 13.6 Å². The molecular formula is C11H18N4. The maximum Gasteiger partial charge on any atom is 0.0737 e. The molecule has 1 rings (SSSR count). The van der Waals surface area contributed by atoms with Crippen LogP contribution < -0.4 is 0 Å². The minimum absolute atomic E-state index is 0.402. The SMILES string of the molecule is C=NCC/C(=N\C)c1c[nH]nc1C(C)C. The molecule has 15 heavy (non-hydrogen) atoms. The van der Waals surface area contributed by atoms with Crippen LogP contribution in [0.1, 0.15) is 37.4 Å². The molecule has 1 N–H and O–H groups in total. The van der Waals surface area contributed by atoms with Crippen LogP contribution in [0.15, 0.2) is 16.2 Å². The summed E-state index contributed by atoms with van der Waals surface area (Å²) in [5.74, 6) is 0.402. The van der Waals surface area contributed by atoms with Crippen LogP contribution in [0.3, 0.4) is 0 Å². The Balaban J connectivity index is 2.92. The van der Waals surface area contributed by atoms with Gasteiger partial charge in [0.05, 0.1) is 5.69 Å². The highest BCUT2D eigenvalue weighted by molar-refractivity contribution is 6.01. The highest BCUT2D eigenvalue weighted by Gasteiger charge is 2.13. The van der Waals surface area contributed by atoms with Gasteiger partial charge in [0.25, 0.3) is 0 Å². The molecule has 0 amide bonds. The summed E-state index contributed by atoms with van der Waals surface area (Å²) < 4.78 is 0. The van der Waals surface area contributed by atoms with Crippen LogP contribution in [-0.2, 0) is 0 Å². The van der Waals surface area contributed by atoms with E-state index in [4.69, 9.17) is 0 Å². The van der Waals surface area contributed by atoms with Crippen LogP contribution in [0.2, 0.25) is 0 Å². The van der Waals surface area contributed by atoms with Crippen molar-refractivity contribution in [1.82, 2.24) is 10.2 Å². The molecule has 0 aliphatic carbocycles. The van der Waals surface area contributed by atoms with Crippen LogP contribution in [-0.4, -0.2) is 36.2 Å². The van der Waals surface area contributed by atoms with E-state index in [9.17, 15) is 0 Å². The van der Waals surface area contributed by atoms with E-state index in [1.807, 2.05) is 6.20 Å². The van der Waals surface area contributed by atoms with Gasteiger partial charge in [-0.1, -0.05) is 13.8 Å². The van der Waals surface area contributed by atoms with E-state index >= 15 is 0 Å². The number of hydrogen-bond donors (Lipinski definition) is 1. The van der Waals surface area contributed by atoms with Gasteiger partial charge in [-0.15, -0.1) is 0 Å². The maximum atomic E-state index is 4.28. The van der Waals surface area contributed by atoms with E-state index in [1.165, 1.54) is 0 Å². The van der Waals surface area contributed by atoms with E-state index in [1.54, 1.807) is 7.05 Å². The lowest BCUT2D eigenvalue weighted by Gasteiger charge is -2.06. The Kier molecular flexibility index (Phi) is 4.21. The van der Waals surface area contributed by atoms with Crippen LogP contribution in [0, 0.1) is 0 Å². The first-order valence-electron chi connectivity index (χ1n) is 5.12. The molecule has 0 aliphatic rings. The Hall–Kier alpha value is -1.45. The second-order valence-corrected chi connectivity index (χ2v) is 3.71. The van der Waals surface area contributed by atoms with Gasteiger partial charge in [0.1, 0.15) is 0 Å². The van der Waals surface area contributed by atoms with Crippen molar-refractivity contribution < 1.29 is 0 Å². The highest BCUT2D eigenvalue weighted by atomic mass is 15.1. The van der Waals surface area contributed by atoms with Gasteiger partial charge >= 0.3 is 0 Å². The molecule has 82 valence electrons. The molecule has 0 aromatic carbocycles. The van der Waals surface area contributed by atoms with Gasteiger partial charge in [-0.25, -0.2) is 0 Å². The number of nitrogens with zero attached hydrogens (tertiary/aromatic N) is 3. The Labute approximate surface area is 90.5 Å². The van der Waals surface area contributed by atoms with Crippen LogP contribution in [0.5, 0.6) is 0 Å². The topological polar surface area (TPSA) is 53.4 Å². The van der Waals surface area contributed by atoms with Gasteiger partial charge in [-0.05, 0) is 12.6 Å². The van der Waals surface area contributed by atoms with Gasteiger partial charge < -0.3 is 4.99 Å². The van der Waals surface area contributed by atoms with E-state index in [0.717, 1.165) is 23.4 Å². The van der Waals surface area contributed by atoms with E-state index in [-0.39, 0.29) is 0 Å². The average molecular weight is 206 g/mol. The minimum atomic E-state index is 0.402. The van der Waals surface area contributed by atoms with Crippen molar-refractivity contribution >= 4 is 12.4 Å². The predicted molar refractivity (Wildman–Crippen MR) is 64.2 cm³/mol. The molecule has 0 aliphatic heterocycles. The number of H-pyrrole nitrogens is 1. The first-order chi connectivity index (χ1) is 7.20. The lowest BCUT2D eigenvalue weighted by atomic mass is 10.0. The van der Waals surface area contributed by atoms with E-state index in [2.05, 4.69) is 40.7 Å². The molecule has 0 spiro atoms. The van der Waals surface area contributed by atoms with Crippen molar-refractivity contribution in [3.05, 3.63) is 17.5 Å². The van der Waals surface area contributed by atoms with Crippen molar-refractivity contribution in [2.24, 2.45) is 9.98 Å². The van der Waals surface area contributed by atoms with Gasteiger partial charge in [0, 0.05) is 37.5 Å². The van der Waals surface area contributed by atoms with Crippen molar-refractivity contribution in [1.29, 1.82) is 0 Å². The van der Waals surface area contributed by atoms with Crippen molar-refractivity contribution in [3.8, 4) is 0 Å². The molecule has 0 saturated heterocycles. The van der Waals surface area contributed by atoms with Crippen LogP contribution in [0.4, 0.5) is 0 Å². The lowest BCUT2D eigenvalue weighted by Crippen LogP contribution is -2.06. The van der Waals surface area contributed by atoms with E-state index in [0.29, 0.717) is 12.5 Å². The summed E-state index contributed by atoms with van der Waals surface area (Å²) >= 11 is 0. The second kappa shape index (κ2) is 5.44. The number of aromatic amines is 1. The predicted octanol–water partition coefficient (Wildman–Crippen LogP) is 2.04. The number of nitrogens with one attached hydrogen (secondary N) is 1. The summed E-state index contributed by atoms with van der Waals surface area (Å²) in [7, 11) is 1.80. The van der Waals surface area contributed by atoms with Gasteiger partial charge in [0.15, 0.2) is 0 Å². The Morgan fingerprint density at radius 3 is 2.87 bits per heavy atom. The zero-order valence-corrected chi connectivity index (χ0v) is 9.62. The first-order valence-corrected chi connectivity index (χ1v) is 5.12. The van der Waals surface area contributed by atoms with Crippen molar-refractivity contribution in [3.63, 3.8) is 0 Å². The average Bonchev–Trinajstić information content (AvgIpc) is 2.68. The summed E-state index contributed by atoms with van der Waals surface area (Å²) in [6, 6.07) is 0. The van der Waals surface area contributed by atoms with Crippen LogP contribution >= 0.6 is 0 Å². The fourth-order valence-corrected chi connectivity index (χ4v) is 1.52. The molecule has 0 unspecified atom stereocenters. The standard InChI is InChI=1S/C11H18N4/c1-8(2)11-9(7-14-15-11)10(13-4)5-6-12-3/h7-8H,3,5-6H2,1-2,4H3,(H,14,15)/b13-10+. The molecular weight excluding hydrogens is 188 g/mol. The molecule has 0 saturated carbocycles. The largest absolute Gasteiger partial charge is 0.301 e. The first kappa shape index (κ1) is 11.6. The third kappa shape index (κ3) is 2.75. The quantitative estimate of drug-likeness (QED) is 0.736. The van der Waals surface area contributed by atoms with E-state index < -0.39 is 0 Å². The third-order valence-corrected chi connectivity index (χ3v) is 2.30. The summed E-state index contributed by atoms with van der Waals surface area (Å²) in [6.45, 7) is 8.43. The number of aromatic nitrogens is 2. The highest BCUT2D eigenvalue weighted by Crippen LogP contribution is 2.18. The lowest BCUT2D eigenvalue weighted by molar-refractivity contribution is 0.808. The molecule has 1 aromatic rings. The Bertz CT molecular complexity index is 349. The molecule has 0 bridgehead atoms. The molecule has 0 fully saturated rings. The third-order valence-electron chi connectivity index (χ3n) is 2.30. The Morgan fingerprint density at radius 2 is 2.33 bits per heavy atom. The van der Waals surface area contributed by atoms with Gasteiger partial charge in [-0.3, -0.25) is 10.1 Å². The van der Waals surface area contributed by atoms with Gasteiger partial charge in [0.2, 0.25) is 0 Å². The Morgan fingerprint density at radius 1 is 1.60 bits per heavy atom.